The van der Waals surface area contributed by atoms with Gasteiger partial charge in [-0.2, -0.15) is 0 Å². The van der Waals surface area contributed by atoms with E-state index >= 15 is 0 Å². The Labute approximate surface area is 149 Å². The van der Waals surface area contributed by atoms with Crippen LogP contribution in [0, 0.1) is 10.1 Å². The van der Waals surface area contributed by atoms with Gasteiger partial charge >= 0.3 is 5.00 Å². The monoisotopic (exact) mass is 383 g/mol. The van der Waals surface area contributed by atoms with Crippen LogP contribution in [0.25, 0.3) is 0 Å². The number of hydrogen-bond donors (Lipinski definition) is 2. The predicted molar refractivity (Wildman–Crippen MR) is 91.1 cm³/mol. The van der Waals surface area contributed by atoms with Gasteiger partial charge in [-0.25, -0.2) is 4.98 Å². The van der Waals surface area contributed by atoms with Crippen molar-refractivity contribution >= 4 is 44.6 Å². The quantitative estimate of drug-likeness (QED) is 0.596. The molecule has 2 aromatic heterocycles. The largest absolute Gasteiger partial charge is 0.378 e. The molecule has 2 aromatic rings. The maximum atomic E-state index is 12.1. The number of nitrogens with one attached hydrogen (secondary N) is 2. The lowest BCUT2D eigenvalue weighted by Crippen LogP contribution is -2.41. The molecule has 0 spiro atoms. The highest BCUT2D eigenvalue weighted by Crippen LogP contribution is 2.24. The van der Waals surface area contributed by atoms with Crippen molar-refractivity contribution in [3.63, 3.8) is 0 Å². The zero-order chi connectivity index (χ0) is 17.8. The number of hydrazine groups is 1. The van der Waals surface area contributed by atoms with Crippen molar-refractivity contribution < 1.29 is 19.2 Å². The Kier molecular flexibility index (Phi) is 5.21. The van der Waals surface area contributed by atoms with Crippen molar-refractivity contribution in [1.82, 2.24) is 15.8 Å². The lowest BCUT2D eigenvalue weighted by molar-refractivity contribution is -0.380. The fourth-order valence-corrected chi connectivity index (χ4v) is 3.63. The molecule has 0 radical (unpaired) electrons. The van der Waals surface area contributed by atoms with Gasteiger partial charge in [0, 0.05) is 24.5 Å². The average molecular weight is 383 g/mol. The second-order valence-corrected chi connectivity index (χ2v) is 6.82. The van der Waals surface area contributed by atoms with Gasteiger partial charge in [0.25, 0.3) is 11.8 Å². The minimum Gasteiger partial charge on any atom is -0.378 e. The van der Waals surface area contributed by atoms with Crippen LogP contribution in [0.4, 0.5) is 10.1 Å². The van der Waals surface area contributed by atoms with E-state index in [1.165, 1.54) is 23.5 Å². The molecule has 0 atom stereocenters. The fraction of sp³-hybridized carbons (Fsp3) is 0.308. The lowest BCUT2D eigenvalue weighted by atomic mass is 10.4. The van der Waals surface area contributed by atoms with E-state index in [4.69, 9.17) is 4.74 Å². The number of thiophene rings is 1. The highest BCUT2D eigenvalue weighted by atomic mass is 32.1. The Morgan fingerprint density at radius 3 is 2.64 bits per heavy atom. The van der Waals surface area contributed by atoms with Gasteiger partial charge in [-0.1, -0.05) is 11.3 Å². The standard InChI is InChI=1S/C13H13N5O5S2/c19-11(8-7-24-13(14-8)17-3-5-23-6-4-17)15-16-12(20)9-1-2-10(25-9)18(21)22/h1-2,7H,3-6H2,(H,15,19)(H,16,20). The van der Waals surface area contributed by atoms with Gasteiger partial charge in [0.15, 0.2) is 5.13 Å². The van der Waals surface area contributed by atoms with Crippen molar-refractivity contribution in [2.75, 3.05) is 31.2 Å². The van der Waals surface area contributed by atoms with E-state index < -0.39 is 16.7 Å². The molecule has 1 saturated heterocycles. The number of carbonyl (C=O) groups excluding carboxylic acids is 2. The predicted octanol–water partition coefficient (Wildman–Crippen LogP) is 1.02. The molecule has 0 bridgehead atoms. The molecule has 2 amide bonds. The number of nitro groups is 1. The van der Waals surface area contributed by atoms with E-state index in [1.807, 2.05) is 4.90 Å². The Morgan fingerprint density at radius 1 is 1.24 bits per heavy atom. The van der Waals surface area contributed by atoms with Crippen molar-refractivity contribution in [1.29, 1.82) is 0 Å². The number of rotatable bonds is 4. The summed E-state index contributed by atoms with van der Waals surface area (Å²) in [7, 11) is 0. The van der Waals surface area contributed by atoms with Gasteiger partial charge < -0.3 is 9.64 Å². The molecule has 0 aliphatic carbocycles. The highest BCUT2D eigenvalue weighted by molar-refractivity contribution is 7.17. The summed E-state index contributed by atoms with van der Waals surface area (Å²) in [4.78, 5) is 40.4. The maximum Gasteiger partial charge on any atom is 0.324 e. The van der Waals surface area contributed by atoms with E-state index in [0.717, 1.165) is 11.3 Å². The number of amides is 2. The van der Waals surface area contributed by atoms with E-state index in [-0.39, 0.29) is 15.6 Å². The van der Waals surface area contributed by atoms with Crippen molar-refractivity contribution in [2.45, 2.75) is 0 Å². The molecule has 0 aromatic carbocycles. The summed E-state index contributed by atoms with van der Waals surface area (Å²) in [5.41, 5.74) is 4.65. The number of anilines is 1. The summed E-state index contributed by atoms with van der Waals surface area (Å²) in [5.74, 6) is -1.19. The topological polar surface area (TPSA) is 127 Å². The molecule has 1 aliphatic heterocycles. The summed E-state index contributed by atoms with van der Waals surface area (Å²) >= 11 is 2.06. The van der Waals surface area contributed by atoms with Gasteiger partial charge in [0.05, 0.1) is 18.1 Å². The minimum atomic E-state index is -0.630. The number of nitrogens with zero attached hydrogens (tertiary/aromatic N) is 3. The summed E-state index contributed by atoms with van der Waals surface area (Å²) in [5, 5.41) is 12.8. The molecule has 25 heavy (non-hydrogen) atoms. The third-order valence-electron chi connectivity index (χ3n) is 3.29. The number of morpholine rings is 1. The van der Waals surface area contributed by atoms with Gasteiger partial charge in [-0.3, -0.25) is 30.6 Å². The van der Waals surface area contributed by atoms with Gasteiger partial charge in [0.2, 0.25) is 0 Å². The van der Waals surface area contributed by atoms with Crippen molar-refractivity contribution in [3.8, 4) is 0 Å². The van der Waals surface area contributed by atoms with Crippen LogP contribution in [0.1, 0.15) is 20.2 Å². The molecule has 0 saturated carbocycles. The number of ether oxygens (including phenoxy) is 1. The number of hydrogen-bond acceptors (Lipinski definition) is 9. The lowest BCUT2D eigenvalue weighted by Gasteiger charge is -2.25. The third-order valence-corrected chi connectivity index (χ3v) is 5.23. The van der Waals surface area contributed by atoms with Crippen LogP contribution in [0.15, 0.2) is 17.5 Å². The molecule has 132 valence electrons. The number of thiazole rings is 1. The van der Waals surface area contributed by atoms with Crippen molar-refractivity contribution in [3.05, 3.63) is 38.2 Å². The Morgan fingerprint density at radius 2 is 1.96 bits per heavy atom. The molecule has 3 heterocycles. The molecular weight excluding hydrogens is 370 g/mol. The average Bonchev–Trinajstić information content (AvgIpc) is 3.29. The number of aromatic nitrogens is 1. The summed E-state index contributed by atoms with van der Waals surface area (Å²) in [6.45, 7) is 2.65. The molecule has 12 heteroatoms. The van der Waals surface area contributed by atoms with Crippen molar-refractivity contribution in [2.24, 2.45) is 0 Å². The molecule has 0 unspecified atom stereocenters. The Bertz CT molecular complexity index is 798. The van der Waals surface area contributed by atoms with Gasteiger partial charge in [-0.05, 0) is 6.07 Å². The smallest absolute Gasteiger partial charge is 0.324 e. The third kappa shape index (κ3) is 4.10. The first kappa shape index (κ1) is 17.3. The van der Waals surface area contributed by atoms with Crippen LogP contribution in [0.5, 0.6) is 0 Å². The summed E-state index contributed by atoms with van der Waals surface area (Å²) in [6, 6.07) is 2.56. The minimum absolute atomic E-state index is 0.124. The van der Waals surface area contributed by atoms with Crippen LogP contribution in [0.3, 0.4) is 0 Å². The van der Waals surface area contributed by atoms with Crippen LogP contribution in [0.2, 0.25) is 0 Å². The summed E-state index contributed by atoms with van der Waals surface area (Å²) < 4.78 is 5.27. The molecule has 3 rings (SSSR count). The first-order valence-corrected chi connectivity index (χ1v) is 8.87. The van der Waals surface area contributed by atoms with Gasteiger partial charge in [-0.15, -0.1) is 11.3 Å². The second-order valence-electron chi connectivity index (χ2n) is 4.92. The normalized spacial score (nSPS) is 14.2. The Balaban J connectivity index is 1.56. The maximum absolute atomic E-state index is 12.1. The van der Waals surface area contributed by atoms with Gasteiger partial charge in [0.1, 0.15) is 10.6 Å². The first-order chi connectivity index (χ1) is 12.0. The first-order valence-electron chi connectivity index (χ1n) is 7.18. The Hall–Kier alpha value is -2.57. The van der Waals surface area contributed by atoms with E-state index in [1.54, 1.807) is 5.38 Å². The number of carbonyl (C=O) groups is 2. The molecule has 1 fully saturated rings. The zero-order valence-electron chi connectivity index (χ0n) is 12.8. The molecule has 1 aliphatic rings. The van der Waals surface area contributed by atoms with E-state index in [2.05, 4.69) is 15.8 Å². The zero-order valence-corrected chi connectivity index (χ0v) is 14.4. The molecule has 2 N–H and O–H groups in total. The molecule has 10 nitrogen and oxygen atoms in total. The summed E-state index contributed by atoms with van der Waals surface area (Å²) in [6.07, 6.45) is 0. The SMILES string of the molecule is O=C(NNC(=O)c1ccc([N+](=O)[O-])s1)c1csc(N2CCOCC2)n1. The highest BCUT2D eigenvalue weighted by Gasteiger charge is 2.19. The molecular formula is C13H13N5O5S2. The van der Waals surface area contributed by atoms with Crippen LogP contribution in [-0.2, 0) is 4.74 Å². The van der Waals surface area contributed by atoms with Crippen LogP contribution >= 0.6 is 22.7 Å². The van der Waals surface area contributed by atoms with E-state index in [0.29, 0.717) is 31.4 Å². The fourth-order valence-electron chi connectivity index (χ4n) is 2.06. The van der Waals surface area contributed by atoms with Crippen LogP contribution in [-0.4, -0.2) is 48.0 Å². The van der Waals surface area contributed by atoms with E-state index in [9.17, 15) is 19.7 Å². The second kappa shape index (κ2) is 7.55. The van der Waals surface area contributed by atoms with Crippen LogP contribution < -0.4 is 15.8 Å².